The molecule has 10 heteroatoms. The highest BCUT2D eigenvalue weighted by Gasteiger charge is 2.34. The van der Waals surface area contributed by atoms with Crippen molar-refractivity contribution in [3.8, 4) is 0 Å². The second-order valence-electron chi connectivity index (χ2n) is 11.2. The van der Waals surface area contributed by atoms with E-state index in [1.54, 1.807) is 0 Å². The molecule has 3 heterocycles. The van der Waals surface area contributed by atoms with Crippen molar-refractivity contribution in [2.45, 2.75) is 64.6 Å². The Kier molecular flexibility index (Phi) is 8.90. The number of fused-ring (bicyclic) bond motifs is 1. The van der Waals surface area contributed by atoms with Crippen molar-refractivity contribution in [1.29, 1.82) is 0 Å². The molecule has 1 aliphatic carbocycles. The first-order valence-corrected chi connectivity index (χ1v) is 14.5. The average molecular weight is 583 g/mol. The minimum absolute atomic E-state index is 0. The first-order valence-electron chi connectivity index (χ1n) is 14.1. The number of hydrogen-bond acceptors (Lipinski definition) is 6. The largest absolute Gasteiger partial charge is 0.321 e. The Morgan fingerprint density at radius 3 is 2.45 bits per heavy atom. The van der Waals surface area contributed by atoms with Crippen LogP contribution in [0.3, 0.4) is 0 Å². The van der Waals surface area contributed by atoms with Gasteiger partial charge >= 0.3 is 0 Å². The van der Waals surface area contributed by atoms with E-state index in [2.05, 4.69) is 67.6 Å². The molecule has 1 N–H and O–H groups in total. The molecule has 0 amide bonds. The van der Waals surface area contributed by atoms with E-state index in [4.69, 9.17) is 11.6 Å². The Balaban J connectivity index is 0.00000323. The van der Waals surface area contributed by atoms with Gasteiger partial charge in [0.15, 0.2) is 5.82 Å². The van der Waals surface area contributed by atoms with Crippen molar-refractivity contribution >= 4 is 34.9 Å². The van der Waals surface area contributed by atoms with Crippen molar-refractivity contribution in [3.05, 3.63) is 85.9 Å². The van der Waals surface area contributed by atoms with Gasteiger partial charge in [0.1, 0.15) is 6.04 Å². The minimum Gasteiger partial charge on any atom is -0.321 e. The Morgan fingerprint density at radius 2 is 1.73 bits per heavy atom. The van der Waals surface area contributed by atoms with Crippen LogP contribution in [0.4, 0.5) is 0 Å². The molecule has 1 saturated heterocycles. The van der Waals surface area contributed by atoms with Crippen LogP contribution in [0.5, 0.6) is 0 Å². The predicted molar refractivity (Wildman–Crippen MR) is 161 cm³/mol. The van der Waals surface area contributed by atoms with Crippen LogP contribution in [0.1, 0.15) is 72.3 Å². The molecule has 1 atom stereocenters. The molecule has 1 saturated carbocycles. The molecular formula is C30H37Cl2N7O. The van der Waals surface area contributed by atoms with Crippen LogP contribution in [0, 0.1) is 13.8 Å². The van der Waals surface area contributed by atoms with E-state index < -0.39 is 0 Å². The van der Waals surface area contributed by atoms with Crippen LogP contribution < -0.4 is 5.56 Å². The highest BCUT2D eigenvalue weighted by molar-refractivity contribution is 6.30. The third-order valence-electron chi connectivity index (χ3n) is 8.39. The molecule has 40 heavy (non-hydrogen) atoms. The second kappa shape index (κ2) is 12.4. The lowest BCUT2D eigenvalue weighted by atomic mass is 9.95. The van der Waals surface area contributed by atoms with Gasteiger partial charge in [-0.3, -0.25) is 14.6 Å². The molecule has 2 aliphatic rings. The van der Waals surface area contributed by atoms with Gasteiger partial charge in [-0.05, 0) is 77.9 Å². The quantitative estimate of drug-likeness (QED) is 0.318. The van der Waals surface area contributed by atoms with Crippen LogP contribution >= 0.6 is 24.0 Å². The number of benzene rings is 2. The van der Waals surface area contributed by atoms with E-state index in [9.17, 15) is 4.79 Å². The van der Waals surface area contributed by atoms with E-state index in [1.807, 2.05) is 23.7 Å². The van der Waals surface area contributed by atoms with Gasteiger partial charge in [0, 0.05) is 43.3 Å². The molecule has 0 bridgehead atoms. The van der Waals surface area contributed by atoms with Crippen LogP contribution in [-0.4, -0.2) is 61.2 Å². The van der Waals surface area contributed by atoms with Gasteiger partial charge in [0.25, 0.3) is 5.56 Å². The number of aromatic amines is 1. The van der Waals surface area contributed by atoms with Gasteiger partial charge in [-0.1, -0.05) is 54.6 Å². The number of aryl methyl sites for hydroxylation is 2. The zero-order valence-corrected chi connectivity index (χ0v) is 24.7. The Hall–Kier alpha value is -2.78. The van der Waals surface area contributed by atoms with Gasteiger partial charge in [-0.15, -0.1) is 17.5 Å². The predicted octanol–water partition coefficient (Wildman–Crippen LogP) is 5.62. The van der Waals surface area contributed by atoms with E-state index in [0.29, 0.717) is 5.56 Å². The number of aromatic nitrogens is 5. The molecule has 2 fully saturated rings. The lowest BCUT2D eigenvalue weighted by molar-refractivity contribution is 0.0982. The maximum atomic E-state index is 13.7. The zero-order valence-electron chi connectivity index (χ0n) is 23.1. The van der Waals surface area contributed by atoms with Crippen LogP contribution in [0.25, 0.3) is 10.9 Å². The lowest BCUT2D eigenvalue weighted by Crippen LogP contribution is -2.48. The number of rotatable bonds is 6. The first kappa shape index (κ1) is 28.7. The summed E-state index contributed by atoms with van der Waals surface area (Å²) in [6.45, 7) is 8.46. The summed E-state index contributed by atoms with van der Waals surface area (Å²) in [6, 6.07) is 14.4. The Morgan fingerprint density at radius 1 is 1.00 bits per heavy atom. The molecule has 8 nitrogen and oxygen atoms in total. The van der Waals surface area contributed by atoms with E-state index in [1.165, 1.54) is 30.4 Å². The number of hydrogen-bond donors (Lipinski definition) is 1. The van der Waals surface area contributed by atoms with Crippen LogP contribution in [-0.2, 0) is 6.54 Å². The molecule has 0 spiro atoms. The van der Waals surface area contributed by atoms with Crippen molar-refractivity contribution in [2.75, 3.05) is 26.2 Å². The van der Waals surface area contributed by atoms with Crippen molar-refractivity contribution in [3.63, 3.8) is 0 Å². The Bertz CT molecular complexity index is 1500. The smallest absolute Gasteiger partial charge is 0.253 e. The number of H-pyrrole nitrogens is 1. The molecule has 0 radical (unpaired) electrons. The SMILES string of the molecule is Cc1cc(C)c2[nH]c(=O)c(C(c3nnnn3C3CCCCC3)N3CCN(Cc4ccc(Cl)cc4)CC3)cc2c1.Cl. The molecule has 1 aliphatic heterocycles. The summed E-state index contributed by atoms with van der Waals surface area (Å²) in [6.07, 6.45) is 5.79. The topological polar surface area (TPSA) is 82.9 Å². The van der Waals surface area contributed by atoms with E-state index >= 15 is 0 Å². The maximum absolute atomic E-state index is 13.7. The number of tetrazole rings is 1. The average Bonchev–Trinajstić information content (AvgIpc) is 3.42. The fourth-order valence-electron chi connectivity index (χ4n) is 6.40. The summed E-state index contributed by atoms with van der Waals surface area (Å²) in [7, 11) is 0. The van der Waals surface area contributed by atoms with Gasteiger partial charge in [-0.2, -0.15) is 0 Å². The van der Waals surface area contributed by atoms with Crippen molar-refractivity contribution in [2.24, 2.45) is 0 Å². The first-order chi connectivity index (χ1) is 19.0. The van der Waals surface area contributed by atoms with Crippen LogP contribution in [0.2, 0.25) is 5.02 Å². The summed E-state index contributed by atoms with van der Waals surface area (Å²) in [4.78, 5) is 21.7. The third-order valence-corrected chi connectivity index (χ3v) is 8.64. The molecule has 2 aromatic heterocycles. The molecule has 4 aromatic rings. The number of piperazine rings is 1. The summed E-state index contributed by atoms with van der Waals surface area (Å²) in [5.74, 6) is 0.780. The molecule has 6 rings (SSSR count). The molecule has 2 aromatic carbocycles. The number of nitrogens with zero attached hydrogens (tertiary/aromatic N) is 6. The number of pyridine rings is 1. The highest BCUT2D eigenvalue weighted by Crippen LogP contribution is 2.34. The zero-order chi connectivity index (χ0) is 26.9. The Labute approximate surface area is 246 Å². The van der Waals surface area contributed by atoms with Crippen LogP contribution in [0.15, 0.2) is 47.3 Å². The van der Waals surface area contributed by atoms with Crippen molar-refractivity contribution in [1.82, 2.24) is 35.0 Å². The minimum atomic E-state index is -0.312. The normalized spacial score (nSPS) is 18.1. The third kappa shape index (κ3) is 5.96. The van der Waals surface area contributed by atoms with Gasteiger partial charge in [0.2, 0.25) is 0 Å². The summed E-state index contributed by atoms with van der Waals surface area (Å²) < 4.78 is 2.02. The van der Waals surface area contributed by atoms with Crippen molar-refractivity contribution < 1.29 is 0 Å². The number of nitrogens with one attached hydrogen (secondary N) is 1. The van der Waals surface area contributed by atoms with Gasteiger partial charge in [0.05, 0.1) is 11.6 Å². The summed E-state index contributed by atoms with van der Waals surface area (Å²) in [5.41, 5.74) is 5.05. The summed E-state index contributed by atoms with van der Waals surface area (Å²) >= 11 is 6.08. The standard InChI is InChI=1S/C30H36ClN7O.ClH/c1-20-16-21(2)27-23(17-20)18-26(30(39)32-27)28(29-33-34-35-38(29)25-6-4-3-5-7-25)37-14-12-36(13-15-37)19-22-8-10-24(31)11-9-22;/h8-11,16-18,25,28H,3-7,12-15,19H2,1-2H3,(H,32,39);1H. The molecule has 212 valence electrons. The maximum Gasteiger partial charge on any atom is 0.253 e. The fraction of sp³-hybridized carbons (Fsp3) is 0.467. The summed E-state index contributed by atoms with van der Waals surface area (Å²) in [5, 5.41) is 15.0. The lowest BCUT2D eigenvalue weighted by Gasteiger charge is -2.39. The van der Waals surface area contributed by atoms with E-state index in [0.717, 1.165) is 72.9 Å². The van der Waals surface area contributed by atoms with Gasteiger partial charge in [-0.25, -0.2) is 4.68 Å². The molecular weight excluding hydrogens is 545 g/mol. The van der Waals surface area contributed by atoms with E-state index in [-0.39, 0.29) is 30.0 Å². The fourth-order valence-corrected chi connectivity index (χ4v) is 6.53. The molecule has 1 unspecified atom stereocenters. The second-order valence-corrected chi connectivity index (χ2v) is 11.7. The number of halogens is 2. The monoisotopic (exact) mass is 581 g/mol. The van der Waals surface area contributed by atoms with Gasteiger partial charge < -0.3 is 4.98 Å². The highest BCUT2D eigenvalue weighted by atomic mass is 35.5.